The summed E-state index contributed by atoms with van der Waals surface area (Å²) in [6, 6.07) is 15.6. The van der Waals surface area contributed by atoms with Crippen molar-refractivity contribution in [3.05, 3.63) is 77.2 Å². The van der Waals surface area contributed by atoms with Crippen molar-refractivity contribution in [1.29, 1.82) is 5.41 Å². The van der Waals surface area contributed by atoms with Crippen molar-refractivity contribution in [3.8, 4) is 5.75 Å². The number of nitrogens with zero attached hydrogens (tertiary/aromatic N) is 3. The number of nitrogens with one attached hydrogen (secondary N) is 4. The monoisotopic (exact) mass is 587 g/mol. The largest absolute Gasteiger partial charge is 0.491 e. The Morgan fingerprint density at radius 1 is 1.16 bits per heavy atom. The van der Waals surface area contributed by atoms with Gasteiger partial charge in [-0.1, -0.05) is 18.2 Å². The Morgan fingerprint density at radius 2 is 2.02 bits per heavy atom. The standard InChI is InChI=1S/C33H45N7O3/c1-25-12-15-28(22-37-25)43-21-20-40(18-6-5-9-27-14-13-26-8-7-17-36-32(26)38-27)19-16-33(23-41,24-42)39-31(34)29-10-3-4-11-30(29)35-2/h3-4,10-15,22-23,35,42H,5-9,16-21,24H2,1-2H3,(H2,34,39)(H,36,38)/t33-/m1/s1. The molecule has 0 amide bonds. The first-order valence-corrected chi connectivity index (χ1v) is 15.2. The van der Waals surface area contributed by atoms with E-state index in [0.29, 0.717) is 37.4 Å². The van der Waals surface area contributed by atoms with E-state index in [0.717, 1.165) is 74.4 Å². The number of anilines is 2. The number of fused-ring (bicyclic) bond motifs is 1. The van der Waals surface area contributed by atoms with Crippen LogP contribution in [0.4, 0.5) is 11.5 Å². The van der Waals surface area contributed by atoms with E-state index >= 15 is 0 Å². The van der Waals surface area contributed by atoms with E-state index in [1.54, 1.807) is 13.2 Å². The van der Waals surface area contributed by atoms with Crippen molar-refractivity contribution in [3.63, 3.8) is 0 Å². The smallest absolute Gasteiger partial charge is 0.147 e. The predicted molar refractivity (Wildman–Crippen MR) is 171 cm³/mol. The molecular weight excluding hydrogens is 542 g/mol. The lowest BCUT2D eigenvalue weighted by Crippen LogP contribution is -2.54. The first-order valence-electron chi connectivity index (χ1n) is 15.2. The summed E-state index contributed by atoms with van der Waals surface area (Å²) >= 11 is 0. The maximum Gasteiger partial charge on any atom is 0.147 e. The van der Waals surface area contributed by atoms with E-state index in [1.807, 2.05) is 43.3 Å². The fraction of sp³-hybridized carbons (Fsp3) is 0.455. The van der Waals surface area contributed by atoms with Gasteiger partial charge in [-0.3, -0.25) is 15.3 Å². The van der Waals surface area contributed by atoms with Gasteiger partial charge in [0.1, 0.15) is 35.8 Å². The summed E-state index contributed by atoms with van der Waals surface area (Å²) in [5.41, 5.74) is 3.45. The number of pyridine rings is 2. The molecule has 0 saturated carbocycles. The summed E-state index contributed by atoms with van der Waals surface area (Å²) in [5.74, 6) is 1.83. The van der Waals surface area contributed by atoms with Crippen molar-refractivity contribution < 1.29 is 14.6 Å². The van der Waals surface area contributed by atoms with Crippen molar-refractivity contribution in [2.45, 2.75) is 51.0 Å². The molecule has 0 fully saturated rings. The van der Waals surface area contributed by atoms with E-state index in [4.69, 9.17) is 15.1 Å². The summed E-state index contributed by atoms with van der Waals surface area (Å²) in [5, 5.41) is 28.5. The minimum absolute atomic E-state index is 0.0832. The SMILES string of the molecule is CNc1ccccc1C(=N)N[C@](C=O)(CO)CCN(CCCCc1ccc2c(n1)NCCC2)CCOc1ccc(C)nc1. The Balaban J connectivity index is 1.36. The van der Waals surface area contributed by atoms with Crippen LogP contribution in [0.2, 0.25) is 0 Å². The topological polar surface area (TPSA) is 135 Å². The molecule has 0 bridgehead atoms. The fourth-order valence-electron chi connectivity index (χ4n) is 5.22. The third-order valence-corrected chi connectivity index (χ3v) is 7.89. The molecule has 10 nitrogen and oxygen atoms in total. The number of ether oxygens (including phenoxy) is 1. The van der Waals surface area contributed by atoms with Crippen LogP contribution < -0.4 is 20.7 Å². The molecule has 230 valence electrons. The maximum atomic E-state index is 12.3. The molecule has 0 unspecified atom stereocenters. The number of aldehydes is 1. The van der Waals surface area contributed by atoms with E-state index < -0.39 is 12.1 Å². The number of hydrogen-bond acceptors (Lipinski definition) is 9. The number of hydrogen-bond donors (Lipinski definition) is 5. The van der Waals surface area contributed by atoms with Crippen molar-refractivity contribution in [1.82, 2.24) is 20.2 Å². The van der Waals surface area contributed by atoms with Gasteiger partial charge in [0.15, 0.2) is 0 Å². The van der Waals surface area contributed by atoms with Gasteiger partial charge in [0, 0.05) is 49.3 Å². The molecule has 0 saturated heterocycles. The van der Waals surface area contributed by atoms with Gasteiger partial charge in [-0.25, -0.2) is 4.98 Å². The Bertz CT molecular complexity index is 1330. The third-order valence-electron chi connectivity index (χ3n) is 7.89. The van der Waals surface area contributed by atoms with Crippen LogP contribution >= 0.6 is 0 Å². The van der Waals surface area contributed by atoms with Crippen LogP contribution in [0.1, 0.15) is 48.2 Å². The summed E-state index contributed by atoms with van der Waals surface area (Å²) in [6.45, 7) is 4.96. The van der Waals surface area contributed by atoms with Crippen molar-refractivity contribution in [2.24, 2.45) is 0 Å². The zero-order valence-corrected chi connectivity index (χ0v) is 25.4. The molecule has 3 heterocycles. The molecule has 0 aliphatic carbocycles. The Kier molecular flexibility index (Phi) is 11.9. The lowest BCUT2D eigenvalue weighted by Gasteiger charge is -2.32. The second kappa shape index (κ2) is 16.0. The second-order valence-corrected chi connectivity index (χ2v) is 11.1. The third kappa shape index (κ3) is 9.23. The van der Waals surface area contributed by atoms with Crippen molar-refractivity contribution >= 4 is 23.6 Å². The van der Waals surface area contributed by atoms with Gasteiger partial charge in [-0.15, -0.1) is 0 Å². The van der Waals surface area contributed by atoms with Crippen LogP contribution in [0, 0.1) is 12.3 Å². The maximum absolute atomic E-state index is 12.3. The van der Waals surface area contributed by atoms with E-state index in [2.05, 4.69) is 38.0 Å². The summed E-state index contributed by atoms with van der Waals surface area (Å²) < 4.78 is 5.96. The molecule has 1 aliphatic rings. The van der Waals surface area contributed by atoms with E-state index in [1.165, 1.54) is 5.56 Å². The van der Waals surface area contributed by atoms with E-state index in [-0.39, 0.29) is 5.84 Å². The molecule has 0 radical (unpaired) electrons. The normalized spacial score (nSPS) is 13.9. The Hall–Kier alpha value is -4.02. The zero-order chi connectivity index (χ0) is 30.5. The van der Waals surface area contributed by atoms with Gasteiger partial charge in [0.2, 0.25) is 0 Å². The highest BCUT2D eigenvalue weighted by Gasteiger charge is 2.31. The number of carbonyl (C=O) groups excluding carboxylic acids is 1. The lowest BCUT2D eigenvalue weighted by molar-refractivity contribution is -0.114. The number of rotatable bonds is 17. The highest BCUT2D eigenvalue weighted by atomic mass is 16.5. The molecular formula is C33H45N7O3. The number of aromatic nitrogens is 2. The van der Waals surface area contributed by atoms with Crippen LogP contribution in [-0.2, 0) is 17.6 Å². The number of aliphatic hydroxyl groups excluding tert-OH is 1. The Labute approximate surface area is 254 Å². The quantitative estimate of drug-likeness (QED) is 0.0691. The molecule has 5 N–H and O–H groups in total. The number of amidine groups is 1. The molecule has 43 heavy (non-hydrogen) atoms. The number of para-hydroxylation sites is 1. The van der Waals surface area contributed by atoms with Crippen LogP contribution in [0.25, 0.3) is 0 Å². The van der Waals surface area contributed by atoms with Gasteiger partial charge < -0.3 is 30.6 Å². The molecule has 3 aromatic rings. The van der Waals surface area contributed by atoms with Crippen LogP contribution in [0.3, 0.4) is 0 Å². The highest BCUT2D eigenvalue weighted by Crippen LogP contribution is 2.21. The van der Waals surface area contributed by atoms with Gasteiger partial charge in [-0.2, -0.15) is 0 Å². The zero-order valence-electron chi connectivity index (χ0n) is 25.4. The number of benzene rings is 1. The van der Waals surface area contributed by atoms with Crippen LogP contribution in [-0.4, -0.2) is 84.1 Å². The number of aryl methyl sites for hydroxylation is 3. The van der Waals surface area contributed by atoms with Gasteiger partial charge in [0.25, 0.3) is 0 Å². The molecule has 0 spiro atoms. The van der Waals surface area contributed by atoms with Gasteiger partial charge in [0.05, 0.1) is 12.8 Å². The Morgan fingerprint density at radius 3 is 2.79 bits per heavy atom. The van der Waals surface area contributed by atoms with Gasteiger partial charge >= 0.3 is 0 Å². The van der Waals surface area contributed by atoms with E-state index in [9.17, 15) is 9.90 Å². The molecule has 1 aromatic carbocycles. The fourth-order valence-corrected chi connectivity index (χ4v) is 5.22. The molecule has 1 atom stereocenters. The number of carbonyl (C=O) groups is 1. The number of unbranched alkanes of at least 4 members (excludes halogenated alkanes) is 1. The van der Waals surface area contributed by atoms with Crippen LogP contribution in [0.15, 0.2) is 54.7 Å². The summed E-state index contributed by atoms with van der Waals surface area (Å²) in [7, 11) is 1.79. The first kappa shape index (κ1) is 31.9. The average Bonchev–Trinajstić information content (AvgIpc) is 3.05. The average molecular weight is 588 g/mol. The summed E-state index contributed by atoms with van der Waals surface area (Å²) in [6.07, 6.45) is 7.84. The first-order chi connectivity index (χ1) is 20.9. The minimum atomic E-state index is -1.28. The molecule has 2 aromatic heterocycles. The molecule has 4 rings (SSSR count). The van der Waals surface area contributed by atoms with Crippen LogP contribution in [0.5, 0.6) is 5.75 Å². The predicted octanol–water partition coefficient (Wildman–Crippen LogP) is 3.82. The summed E-state index contributed by atoms with van der Waals surface area (Å²) in [4.78, 5) is 23.7. The lowest BCUT2D eigenvalue weighted by atomic mass is 9.96. The van der Waals surface area contributed by atoms with Gasteiger partial charge in [-0.05, 0) is 87.9 Å². The highest BCUT2D eigenvalue weighted by molar-refractivity contribution is 6.03. The number of aliphatic hydroxyl groups is 1. The molecule has 1 aliphatic heterocycles. The molecule has 10 heteroatoms. The minimum Gasteiger partial charge on any atom is -0.491 e. The van der Waals surface area contributed by atoms with Crippen molar-refractivity contribution in [2.75, 3.05) is 57.1 Å². The second-order valence-electron chi connectivity index (χ2n) is 11.1.